The number of aromatic nitrogens is 4. The summed E-state index contributed by atoms with van der Waals surface area (Å²) < 4.78 is 2.39. The van der Waals surface area contributed by atoms with E-state index in [1.54, 1.807) is 17.0 Å². The first-order valence-electron chi connectivity index (χ1n) is 10.2. The highest BCUT2D eigenvalue weighted by molar-refractivity contribution is 7.16. The summed E-state index contributed by atoms with van der Waals surface area (Å²) in [6.07, 6.45) is -0.210. The molecule has 4 N–H and O–H groups in total. The molecule has 3 aromatic rings. The van der Waals surface area contributed by atoms with Gasteiger partial charge >= 0.3 is 0 Å². The summed E-state index contributed by atoms with van der Waals surface area (Å²) in [7, 11) is 1.53. The summed E-state index contributed by atoms with van der Waals surface area (Å²) in [6, 6.07) is 3.07. The topological polar surface area (TPSA) is 125 Å². The number of carbonyl (C=O) groups excluding carboxylic acids is 1. The first-order chi connectivity index (χ1) is 15.4. The van der Waals surface area contributed by atoms with Crippen molar-refractivity contribution in [2.24, 2.45) is 11.3 Å². The van der Waals surface area contributed by atoms with Crippen molar-refractivity contribution in [3.8, 4) is 11.8 Å². The van der Waals surface area contributed by atoms with E-state index in [-0.39, 0.29) is 11.8 Å². The summed E-state index contributed by atoms with van der Waals surface area (Å²) in [5.74, 6) is 6.34. The van der Waals surface area contributed by atoms with E-state index >= 15 is 0 Å². The minimum Gasteiger partial charge on any atom is -0.389 e. The molecule has 9 nitrogen and oxygen atoms in total. The van der Waals surface area contributed by atoms with E-state index < -0.39 is 23.7 Å². The van der Waals surface area contributed by atoms with Crippen LogP contribution in [0, 0.1) is 23.2 Å². The lowest BCUT2D eigenvalue weighted by molar-refractivity contribution is -0.132. The summed E-state index contributed by atoms with van der Waals surface area (Å²) in [5, 5.41) is 27.3. The van der Waals surface area contributed by atoms with Crippen molar-refractivity contribution in [2.75, 3.05) is 18.9 Å². The molecule has 1 amide bonds. The van der Waals surface area contributed by atoms with Gasteiger partial charge in [-0.25, -0.2) is 15.0 Å². The number of halogens is 1. The van der Waals surface area contributed by atoms with Crippen molar-refractivity contribution < 1.29 is 15.0 Å². The lowest BCUT2D eigenvalue weighted by atomic mass is 9.98. The molecule has 3 aromatic heterocycles. The number of carbonyl (C=O) groups is 1. The van der Waals surface area contributed by atoms with Crippen LogP contribution in [0.3, 0.4) is 0 Å². The van der Waals surface area contributed by atoms with E-state index in [1.165, 1.54) is 18.4 Å². The van der Waals surface area contributed by atoms with Crippen molar-refractivity contribution in [1.82, 2.24) is 24.8 Å². The highest BCUT2D eigenvalue weighted by Crippen LogP contribution is 2.67. The second kappa shape index (κ2) is 7.71. The number of rotatable bonds is 4. The SMILES string of the molecule is CCNc1nc(C#Cc2ccc(Cl)s2)nc2c1ncn2[C@@H]1[C@H]2C[C@@]2(C(=O)NC)C(O)[C@@H]1O. The van der Waals surface area contributed by atoms with Crippen molar-refractivity contribution in [3.63, 3.8) is 0 Å². The number of thiophene rings is 1. The Morgan fingerprint density at radius 1 is 1.38 bits per heavy atom. The average Bonchev–Trinajstić information content (AvgIpc) is 3.03. The van der Waals surface area contributed by atoms with Gasteiger partial charge in [-0.05, 0) is 37.3 Å². The molecule has 0 saturated heterocycles. The number of amides is 1. The van der Waals surface area contributed by atoms with Gasteiger partial charge in [-0.15, -0.1) is 11.3 Å². The van der Waals surface area contributed by atoms with Gasteiger partial charge in [0.15, 0.2) is 17.0 Å². The van der Waals surface area contributed by atoms with Crippen molar-refractivity contribution in [1.29, 1.82) is 0 Å². The smallest absolute Gasteiger partial charge is 0.229 e. The van der Waals surface area contributed by atoms with Crippen LogP contribution in [0.2, 0.25) is 4.34 Å². The molecule has 2 fully saturated rings. The maximum absolute atomic E-state index is 12.5. The predicted molar refractivity (Wildman–Crippen MR) is 120 cm³/mol. The van der Waals surface area contributed by atoms with E-state index in [4.69, 9.17) is 11.6 Å². The number of imidazole rings is 1. The quantitative estimate of drug-likeness (QED) is 0.423. The van der Waals surface area contributed by atoms with Gasteiger partial charge in [-0.3, -0.25) is 4.79 Å². The Bertz CT molecular complexity index is 1280. The number of hydrogen-bond donors (Lipinski definition) is 4. The van der Waals surface area contributed by atoms with Gasteiger partial charge in [0.2, 0.25) is 11.7 Å². The first kappa shape index (κ1) is 21.2. The van der Waals surface area contributed by atoms with Crippen LogP contribution in [-0.4, -0.2) is 61.4 Å². The molecule has 166 valence electrons. The highest BCUT2D eigenvalue weighted by Gasteiger charge is 2.75. The molecular formula is C21H21ClN6O3S. The van der Waals surface area contributed by atoms with Gasteiger partial charge in [-0.1, -0.05) is 11.6 Å². The van der Waals surface area contributed by atoms with Crippen LogP contribution >= 0.6 is 22.9 Å². The fourth-order valence-corrected chi connectivity index (χ4v) is 5.66. The summed E-state index contributed by atoms with van der Waals surface area (Å²) in [5.41, 5.74) is 0.0465. The number of aliphatic hydroxyl groups excluding tert-OH is 2. The van der Waals surface area contributed by atoms with E-state index in [1.807, 2.05) is 13.0 Å². The summed E-state index contributed by atoms with van der Waals surface area (Å²) in [6.45, 7) is 2.57. The number of aliphatic hydroxyl groups is 2. The highest BCUT2D eigenvalue weighted by atomic mass is 35.5. The zero-order valence-corrected chi connectivity index (χ0v) is 18.9. The molecule has 0 aliphatic heterocycles. The summed E-state index contributed by atoms with van der Waals surface area (Å²) >= 11 is 7.34. The Morgan fingerprint density at radius 2 is 2.19 bits per heavy atom. The van der Waals surface area contributed by atoms with Gasteiger partial charge in [0, 0.05) is 19.5 Å². The second-order valence-corrected chi connectivity index (χ2v) is 9.68. The van der Waals surface area contributed by atoms with Crippen molar-refractivity contribution in [2.45, 2.75) is 31.6 Å². The molecule has 5 atom stereocenters. The minimum atomic E-state index is -1.16. The molecule has 3 heterocycles. The number of anilines is 1. The third-order valence-electron chi connectivity index (χ3n) is 6.28. The van der Waals surface area contributed by atoms with Crippen molar-refractivity contribution >= 4 is 45.8 Å². The Morgan fingerprint density at radius 3 is 2.88 bits per heavy atom. The van der Waals surface area contributed by atoms with Crippen LogP contribution in [0.4, 0.5) is 5.82 Å². The Balaban J connectivity index is 1.59. The molecule has 32 heavy (non-hydrogen) atoms. The molecule has 0 bridgehead atoms. The van der Waals surface area contributed by atoms with Crippen LogP contribution in [0.15, 0.2) is 18.5 Å². The molecule has 0 radical (unpaired) electrons. The van der Waals surface area contributed by atoms with Gasteiger partial charge < -0.3 is 25.4 Å². The third kappa shape index (κ3) is 3.08. The average molecular weight is 473 g/mol. The first-order valence-corrected chi connectivity index (χ1v) is 11.4. The van der Waals surface area contributed by atoms with Crippen LogP contribution in [0.1, 0.15) is 30.1 Å². The Kier molecular flexibility index (Phi) is 5.09. The number of nitrogens with zero attached hydrogens (tertiary/aromatic N) is 4. The molecule has 2 aliphatic rings. The van der Waals surface area contributed by atoms with E-state index in [0.717, 1.165) is 4.88 Å². The molecule has 5 rings (SSSR count). The van der Waals surface area contributed by atoms with Gasteiger partial charge in [0.25, 0.3) is 0 Å². The zero-order valence-electron chi connectivity index (χ0n) is 17.3. The maximum atomic E-state index is 12.5. The standard InChI is InChI=1S/C21H21ClN6O3S/c1-3-24-18-14-19(27-13(26-18)7-5-10-4-6-12(22)32-10)28(9-25-14)15-11-8-21(11,20(31)23-2)17(30)16(15)29/h4,6,9,11,15-17,29-30H,3,8H2,1-2H3,(H,23,31)(H,24,26,27)/t11-,15-,16-,17?,21+/m1/s1. The van der Waals surface area contributed by atoms with Gasteiger partial charge in [0.1, 0.15) is 6.10 Å². The molecule has 2 aliphatic carbocycles. The molecular weight excluding hydrogens is 452 g/mol. The van der Waals surface area contributed by atoms with Crippen molar-refractivity contribution in [3.05, 3.63) is 33.5 Å². The van der Waals surface area contributed by atoms with Crippen LogP contribution in [0.5, 0.6) is 0 Å². The molecule has 0 spiro atoms. The van der Waals surface area contributed by atoms with Gasteiger partial charge in [0.05, 0.1) is 33.1 Å². The fourth-order valence-electron chi connectivity index (χ4n) is 4.77. The lowest BCUT2D eigenvalue weighted by Gasteiger charge is -2.23. The fraction of sp³-hybridized carbons (Fsp3) is 0.429. The van der Waals surface area contributed by atoms with Crippen LogP contribution in [0.25, 0.3) is 11.2 Å². The summed E-state index contributed by atoms with van der Waals surface area (Å²) in [4.78, 5) is 26.8. The largest absolute Gasteiger partial charge is 0.389 e. The monoisotopic (exact) mass is 472 g/mol. The molecule has 0 aromatic carbocycles. The van der Waals surface area contributed by atoms with Gasteiger partial charge in [-0.2, -0.15) is 0 Å². The number of hydrogen-bond acceptors (Lipinski definition) is 8. The normalized spacial score (nSPS) is 28.2. The van der Waals surface area contributed by atoms with Crippen LogP contribution < -0.4 is 10.6 Å². The number of fused-ring (bicyclic) bond motifs is 2. The molecule has 1 unspecified atom stereocenters. The third-order valence-corrected chi connectivity index (χ3v) is 7.43. The van der Waals surface area contributed by atoms with E-state index in [9.17, 15) is 15.0 Å². The van der Waals surface area contributed by atoms with Crippen LogP contribution in [-0.2, 0) is 4.79 Å². The molecule has 2 saturated carbocycles. The lowest BCUT2D eigenvalue weighted by Crippen LogP contribution is -2.41. The second-order valence-electron chi connectivity index (χ2n) is 7.96. The number of nitrogens with one attached hydrogen (secondary N) is 2. The van der Waals surface area contributed by atoms with E-state index in [0.29, 0.717) is 40.1 Å². The minimum absolute atomic E-state index is 0.217. The molecule has 11 heteroatoms. The van der Waals surface area contributed by atoms with E-state index in [2.05, 4.69) is 37.4 Å². The maximum Gasteiger partial charge on any atom is 0.229 e. The zero-order chi connectivity index (χ0) is 22.6. The Hall–Kier alpha value is -2.71. The predicted octanol–water partition coefficient (Wildman–Crippen LogP) is 1.40. The Labute approximate surface area is 192 Å².